The molecule has 2 atom stereocenters. The summed E-state index contributed by atoms with van der Waals surface area (Å²) in [5, 5.41) is 10.1. The van der Waals surface area contributed by atoms with Gasteiger partial charge in [0.1, 0.15) is 0 Å². The van der Waals surface area contributed by atoms with Crippen molar-refractivity contribution in [1.29, 1.82) is 0 Å². The molecule has 0 saturated heterocycles. The highest BCUT2D eigenvalue weighted by molar-refractivity contribution is 6.42. The molecule has 1 aromatic carbocycles. The van der Waals surface area contributed by atoms with Crippen molar-refractivity contribution in [3.63, 3.8) is 0 Å². The first kappa shape index (κ1) is 13.7. The number of hydrogen-bond acceptors (Lipinski definition) is 1. The summed E-state index contributed by atoms with van der Waals surface area (Å²) in [6.45, 7) is 0. The Labute approximate surface area is 117 Å². The van der Waals surface area contributed by atoms with E-state index in [1.807, 2.05) is 12.1 Å². The van der Waals surface area contributed by atoms with Crippen LogP contribution in [0.5, 0.6) is 0 Å². The van der Waals surface area contributed by atoms with Crippen LogP contribution in [0.1, 0.15) is 43.6 Å². The van der Waals surface area contributed by atoms with E-state index in [2.05, 4.69) is 0 Å². The minimum Gasteiger partial charge on any atom is -0.481 e. The van der Waals surface area contributed by atoms with Gasteiger partial charge in [-0.2, -0.15) is 0 Å². The molecule has 0 amide bonds. The highest BCUT2D eigenvalue weighted by Gasteiger charge is 2.28. The normalized spacial score (nSPS) is 23.9. The second kappa shape index (κ2) is 5.94. The summed E-state index contributed by atoms with van der Waals surface area (Å²) in [7, 11) is 0. The van der Waals surface area contributed by atoms with E-state index in [9.17, 15) is 4.79 Å². The van der Waals surface area contributed by atoms with Crippen molar-refractivity contribution >= 4 is 29.2 Å². The zero-order valence-corrected chi connectivity index (χ0v) is 11.5. The number of aliphatic carboxylic acids is 1. The lowest BCUT2D eigenvalue weighted by Crippen LogP contribution is -2.20. The van der Waals surface area contributed by atoms with Crippen molar-refractivity contribution in [2.45, 2.75) is 38.0 Å². The minimum atomic E-state index is -0.716. The molecule has 0 heterocycles. The highest BCUT2D eigenvalue weighted by Crippen LogP contribution is 2.41. The molecule has 0 bridgehead atoms. The van der Waals surface area contributed by atoms with Crippen molar-refractivity contribution in [3.05, 3.63) is 33.8 Å². The second-order valence-electron chi connectivity index (χ2n) is 4.92. The monoisotopic (exact) mass is 286 g/mol. The van der Waals surface area contributed by atoms with Gasteiger partial charge in [0.25, 0.3) is 0 Å². The van der Waals surface area contributed by atoms with Crippen LogP contribution in [0.2, 0.25) is 10.0 Å². The van der Waals surface area contributed by atoms with Crippen molar-refractivity contribution in [2.75, 3.05) is 0 Å². The Morgan fingerprint density at radius 2 is 1.94 bits per heavy atom. The fraction of sp³-hybridized carbons (Fsp3) is 0.500. The van der Waals surface area contributed by atoms with Crippen LogP contribution >= 0.6 is 23.2 Å². The molecular weight excluding hydrogens is 271 g/mol. The van der Waals surface area contributed by atoms with E-state index in [0.717, 1.165) is 31.2 Å². The highest BCUT2D eigenvalue weighted by atomic mass is 35.5. The number of benzene rings is 1. The van der Waals surface area contributed by atoms with Gasteiger partial charge in [0.15, 0.2) is 0 Å². The molecule has 1 aliphatic rings. The molecular formula is C14H16Cl2O2. The standard InChI is InChI=1S/C14H16Cl2O2/c15-12-6-5-10(7-13(12)16)11-4-2-1-3-9(11)8-14(17)18/h5-7,9,11H,1-4,8H2,(H,17,18). The van der Waals surface area contributed by atoms with E-state index in [1.54, 1.807) is 6.07 Å². The first-order chi connectivity index (χ1) is 8.58. The van der Waals surface area contributed by atoms with Gasteiger partial charge in [-0.1, -0.05) is 42.1 Å². The van der Waals surface area contributed by atoms with Gasteiger partial charge in [-0.3, -0.25) is 4.79 Å². The quantitative estimate of drug-likeness (QED) is 0.871. The van der Waals surface area contributed by atoms with E-state index in [0.29, 0.717) is 16.0 Å². The molecule has 98 valence electrons. The Bertz CT molecular complexity index is 445. The van der Waals surface area contributed by atoms with Crippen molar-refractivity contribution in [1.82, 2.24) is 0 Å². The number of carboxylic acid groups (broad SMARTS) is 1. The maximum atomic E-state index is 10.9. The van der Waals surface area contributed by atoms with Gasteiger partial charge < -0.3 is 5.11 Å². The van der Waals surface area contributed by atoms with Gasteiger partial charge in [0.05, 0.1) is 10.0 Å². The summed E-state index contributed by atoms with van der Waals surface area (Å²) in [5.74, 6) is -0.204. The summed E-state index contributed by atoms with van der Waals surface area (Å²) >= 11 is 12.0. The average molecular weight is 287 g/mol. The Morgan fingerprint density at radius 1 is 1.22 bits per heavy atom. The van der Waals surface area contributed by atoms with Crippen LogP contribution in [0.3, 0.4) is 0 Å². The second-order valence-corrected chi connectivity index (χ2v) is 5.74. The van der Waals surface area contributed by atoms with E-state index in [4.69, 9.17) is 28.3 Å². The molecule has 0 spiro atoms. The van der Waals surface area contributed by atoms with E-state index < -0.39 is 5.97 Å². The number of hydrogen-bond donors (Lipinski definition) is 1. The van der Waals surface area contributed by atoms with Crippen LogP contribution < -0.4 is 0 Å². The van der Waals surface area contributed by atoms with Crippen molar-refractivity contribution < 1.29 is 9.90 Å². The molecule has 18 heavy (non-hydrogen) atoms. The van der Waals surface area contributed by atoms with E-state index in [1.165, 1.54) is 0 Å². The average Bonchev–Trinajstić information content (AvgIpc) is 2.33. The molecule has 4 heteroatoms. The SMILES string of the molecule is O=C(O)CC1CCCCC1c1ccc(Cl)c(Cl)c1. The van der Waals surface area contributed by atoms with Gasteiger partial charge in [-0.15, -0.1) is 0 Å². The van der Waals surface area contributed by atoms with E-state index in [-0.39, 0.29) is 12.3 Å². The molecule has 1 aliphatic carbocycles. The molecule has 0 aromatic heterocycles. The van der Waals surface area contributed by atoms with Crippen LogP contribution in [-0.4, -0.2) is 11.1 Å². The lowest BCUT2D eigenvalue weighted by molar-refractivity contribution is -0.138. The van der Waals surface area contributed by atoms with Gasteiger partial charge in [0, 0.05) is 6.42 Å². The maximum Gasteiger partial charge on any atom is 0.303 e. The lowest BCUT2D eigenvalue weighted by atomic mass is 9.74. The fourth-order valence-corrected chi connectivity index (χ4v) is 3.16. The third-order valence-electron chi connectivity index (χ3n) is 3.72. The smallest absolute Gasteiger partial charge is 0.303 e. The third kappa shape index (κ3) is 3.18. The van der Waals surface area contributed by atoms with Gasteiger partial charge in [-0.05, 0) is 42.4 Å². The molecule has 1 aromatic rings. The Morgan fingerprint density at radius 3 is 2.61 bits per heavy atom. The van der Waals surface area contributed by atoms with Gasteiger partial charge in [0.2, 0.25) is 0 Å². The van der Waals surface area contributed by atoms with Crippen LogP contribution in [0, 0.1) is 5.92 Å². The zero-order valence-electron chi connectivity index (χ0n) is 10.0. The predicted molar refractivity (Wildman–Crippen MR) is 73.4 cm³/mol. The minimum absolute atomic E-state index is 0.216. The molecule has 2 unspecified atom stereocenters. The summed E-state index contributed by atoms with van der Waals surface area (Å²) in [4.78, 5) is 10.9. The Hall–Kier alpha value is -0.730. The Balaban J connectivity index is 2.22. The molecule has 1 N–H and O–H groups in total. The topological polar surface area (TPSA) is 37.3 Å². The number of carbonyl (C=O) groups is 1. The predicted octanol–water partition coefficient (Wildman–Crippen LogP) is 4.74. The summed E-state index contributed by atoms with van der Waals surface area (Å²) in [6.07, 6.45) is 4.54. The first-order valence-corrected chi connectivity index (χ1v) is 7.00. The first-order valence-electron chi connectivity index (χ1n) is 6.24. The van der Waals surface area contributed by atoms with Crippen LogP contribution in [0.25, 0.3) is 0 Å². The number of halogens is 2. The van der Waals surface area contributed by atoms with Gasteiger partial charge in [-0.25, -0.2) is 0 Å². The molecule has 1 fully saturated rings. The zero-order chi connectivity index (χ0) is 13.1. The molecule has 0 radical (unpaired) electrons. The van der Waals surface area contributed by atoms with Crippen molar-refractivity contribution in [3.8, 4) is 0 Å². The van der Waals surface area contributed by atoms with Crippen LogP contribution in [-0.2, 0) is 4.79 Å². The maximum absolute atomic E-state index is 10.9. The summed E-state index contributed by atoms with van der Waals surface area (Å²) < 4.78 is 0. The summed E-state index contributed by atoms with van der Waals surface area (Å²) in [6, 6.07) is 5.65. The molecule has 2 rings (SSSR count). The molecule has 2 nitrogen and oxygen atoms in total. The van der Waals surface area contributed by atoms with Crippen LogP contribution in [0.4, 0.5) is 0 Å². The van der Waals surface area contributed by atoms with Crippen LogP contribution in [0.15, 0.2) is 18.2 Å². The number of rotatable bonds is 3. The Kier molecular flexibility index (Phi) is 4.52. The summed E-state index contributed by atoms with van der Waals surface area (Å²) in [5.41, 5.74) is 1.12. The molecule has 0 aliphatic heterocycles. The third-order valence-corrected chi connectivity index (χ3v) is 4.46. The van der Waals surface area contributed by atoms with Gasteiger partial charge >= 0.3 is 5.97 Å². The van der Waals surface area contributed by atoms with E-state index >= 15 is 0 Å². The molecule has 1 saturated carbocycles. The number of carboxylic acids is 1. The fourth-order valence-electron chi connectivity index (χ4n) is 2.86. The largest absolute Gasteiger partial charge is 0.481 e. The lowest BCUT2D eigenvalue weighted by Gasteiger charge is -2.31. The van der Waals surface area contributed by atoms with Crippen molar-refractivity contribution in [2.24, 2.45) is 5.92 Å².